The van der Waals surface area contributed by atoms with Gasteiger partial charge in [-0.3, -0.25) is 4.90 Å². The van der Waals surface area contributed by atoms with Gasteiger partial charge in [-0.15, -0.1) is 0 Å². The second kappa shape index (κ2) is 6.16. The van der Waals surface area contributed by atoms with E-state index in [4.69, 9.17) is 0 Å². The van der Waals surface area contributed by atoms with Gasteiger partial charge < -0.3 is 0 Å². The minimum Gasteiger partial charge on any atom is -0.284 e. The van der Waals surface area contributed by atoms with Gasteiger partial charge in [0.15, 0.2) is 0 Å². The molecule has 0 aromatic heterocycles. The quantitative estimate of drug-likeness (QED) is 0.576. The van der Waals surface area contributed by atoms with Crippen molar-refractivity contribution >= 4 is 0 Å². The van der Waals surface area contributed by atoms with Crippen LogP contribution in [0.4, 0.5) is 17.6 Å². The molecule has 1 aliphatic rings. The maximum Gasteiger partial charge on any atom is 0.413 e. The van der Waals surface area contributed by atoms with E-state index in [9.17, 15) is 17.6 Å². The Kier molecular flexibility index (Phi) is 4.22. The molecule has 0 aliphatic carbocycles. The van der Waals surface area contributed by atoms with Gasteiger partial charge in [-0.2, -0.15) is 13.2 Å². The highest BCUT2D eigenvalue weighted by molar-refractivity contribution is 5.32. The first-order valence-corrected chi connectivity index (χ1v) is 7.25. The van der Waals surface area contributed by atoms with Crippen molar-refractivity contribution in [2.45, 2.75) is 18.8 Å². The molecular weight excluding hydrogens is 306 g/mol. The van der Waals surface area contributed by atoms with E-state index < -0.39 is 17.8 Å². The molecule has 0 fully saturated rings. The minimum atomic E-state index is -4.33. The van der Waals surface area contributed by atoms with Crippen LogP contribution in [-0.4, -0.2) is 17.6 Å². The van der Waals surface area contributed by atoms with Gasteiger partial charge in [0.1, 0.15) is 5.82 Å². The maximum absolute atomic E-state index is 13.1. The molecule has 1 unspecified atom stereocenters. The first-order chi connectivity index (χ1) is 10.9. The van der Waals surface area contributed by atoms with Gasteiger partial charge in [0.25, 0.3) is 0 Å². The largest absolute Gasteiger partial charge is 0.413 e. The van der Waals surface area contributed by atoms with Crippen molar-refractivity contribution in [3.8, 4) is 0 Å². The Bertz CT molecular complexity index is 689. The van der Waals surface area contributed by atoms with Crippen molar-refractivity contribution in [1.82, 2.24) is 4.90 Å². The average Bonchev–Trinajstić information content (AvgIpc) is 2.94. The van der Waals surface area contributed by atoms with Gasteiger partial charge in [-0.25, -0.2) is 4.39 Å². The van der Waals surface area contributed by atoms with Crippen molar-refractivity contribution < 1.29 is 17.6 Å². The molecule has 1 nitrogen and oxygen atoms in total. The van der Waals surface area contributed by atoms with Crippen molar-refractivity contribution in [3.05, 3.63) is 83.2 Å². The van der Waals surface area contributed by atoms with Crippen LogP contribution in [0.2, 0.25) is 0 Å². The Morgan fingerprint density at radius 3 is 2.22 bits per heavy atom. The Balaban J connectivity index is 1.87. The zero-order chi connectivity index (χ0) is 16.4. The highest BCUT2D eigenvalue weighted by Crippen LogP contribution is 2.38. The predicted molar refractivity (Wildman–Crippen MR) is 80.1 cm³/mol. The topological polar surface area (TPSA) is 3.24 Å². The molecular formula is C18H15F4N. The SMILES string of the molecule is Fc1ccc(CN2CC(C(F)(F)F)=CC2c2ccccc2)cc1. The molecule has 0 saturated heterocycles. The van der Waals surface area contributed by atoms with E-state index in [0.29, 0.717) is 6.54 Å². The predicted octanol–water partition coefficient (Wildman–Crippen LogP) is 4.87. The van der Waals surface area contributed by atoms with Gasteiger partial charge in [-0.1, -0.05) is 48.5 Å². The smallest absolute Gasteiger partial charge is 0.284 e. The molecule has 23 heavy (non-hydrogen) atoms. The summed E-state index contributed by atoms with van der Waals surface area (Å²) < 4.78 is 52.2. The molecule has 0 N–H and O–H groups in total. The normalized spacial score (nSPS) is 19.0. The van der Waals surface area contributed by atoms with E-state index in [1.807, 2.05) is 30.3 Å². The molecule has 2 aromatic rings. The van der Waals surface area contributed by atoms with Gasteiger partial charge in [0, 0.05) is 18.7 Å². The van der Waals surface area contributed by atoms with E-state index >= 15 is 0 Å². The molecule has 1 atom stereocenters. The lowest BCUT2D eigenvalue weighted by molar-refractivity contribution is -0.0937. The van der Waals surface area contributed by atoms with Crippen molar-refractivity contribution in [3.63, 3.8) is 0 Å². The lowest BCUT2D eigenvalue weighted by Gasteiger charge is -2.25. The molecule has 120 valence electrons. The third-order valence-corrected chi connectivity index (χ3v) is 3.93. The summed E-state index contributed by atoms with van der Waals surface area (Å²) in [6, 6.07) is 14.5. The second-order valence-corrected chi connectivity index (χ2v) is 5.58. The fraction of sp³-hybridized carbons (Fsp3) is 0.222. The third kappa shape index (κ3) is 3.62. The summed E-state index contributed by atoms with van der Waals surface area (Å²) in [6.45, 7) is 0.163. The van der Waals surface area contributed by atoms with Crippen LogP contribution < -0.4 is 0 Å². The van der Waals surface area contributed by atoms with Crippen LogP contribution >= 0.6 is 0 Å². The summed E-state index contributed by atoms with van der Waals surface area (Å²) in [7, 11) is 0. The zero-order valence-corrected chi connectivity index (χ0v) is 12.2. The van der Waals surface area contributed by atoms with Crippen LogP contribution in [0.15, 0.2) is 66.2 Å². The van der Waals surface area contributed by atoms with Crippen molar-refractivity contribution in [2.75, 3.05) is 6.54 Å². The molecule has 0 amide bonds. The van der Waals surface area contributed by atoms with Crippen LogP contribution in [0.3, 0.4) is 0 Å². The summed E-state index contributed by atoms with van der Waals surface area (Å²) >= 11 is 0. The highest BCUT2D eigenvalue weighted by Gasteiger charge is 2.40. The van der Waals surface area contributed by atoms with Crippen LogP contribution in [0.25, 0.3) is 0 Å². The summed E-state index contributed by atoms with van der Waals surface area (Å²) in [5, 5.41) is 0. The third-order valence-electron chi connectivity index (χ3n) is 3.93. The molecule has 3 rings (SSSR count). The molecule has 1 aliphatic heterocycles. The molecule has 0 radical (unpaired) electrons. The fourth-order valence-corrected chi connectivity index (χ4v) is 2.79. The van der Waals surface area contributed by atoms with E-state index in [-0.39, 0.29) is 12.4 Å². The Labute approximate surface area is 131 Å². The monoisotopic (exact) mass is 321 g/mol. The molecule has 0 spiro atoms. The van der Waals surface area contributed by atoms with Gasteiger partial charge in [0.2, 0.25) is 0 Å². The number of nitrogens with zero attached hydrogens (tertiary/aromatic N) is 1. The fourth-order valence-electron chi connectivity index (χ4n) is 2.79. The maximum atomic E-state index is 13.1. The number of hydrogen-bond donors (Lipinski definition) is 0. The number of alkyl halides is 3. The summed E-state index contributed by atoms with van der Waals surface area (Å²) in [5.41, 5.74) is 1.06. The van der Waals surface area contributed by atoms with Gasteiger partial charge in [-0.05, 0) is 23.3 Å². The summed E-state index contributed by atoms with van der Waals surface area (Å²) in [4.78, 5) is 1.74. The first-order valence-electron chi connectivity index (χ1n) is 7.25. The number of benzene rings is 2. The second-order valence-electron chi connectivity index (χ2n) is 5.58. The van der Waals surface area contributed by atoms with E-state index in [1.54, 1.807) is 17.0 Å². The summed E-state index contributed by atoms with van der Waals surface area (Å²) in [5.74, 6) is -0.358. The Morgan fingerprint density at radius 1 is 0.957 bits per heavy atom. The minimum absolute atomic E-state index is 0.166. The number of hydrogen-bond acceptors (Lipinski definition) is 1. The molecule has 2 aromatic carbocycles. The molecule has 5 heteroatoms. The van der Waals surface area contributed by atoms with Crippen LogP contribution in [-0.2, 0) is 6.54 Å². The molecule has 0 bridgehead atoms. The molecule has 1 heterocycles. The Morgan fingerprint density at radius 2 is 1.61 bits per heavy atom. The van der Waals surface area contributed by atoms with Crippen molar-refractivity contribution in [1.29, 1.82) is 0 Å². The van der Waals surface area contributed by atoms with Gasteiger partial charge >= 0.3 is 6.18 Å². The van der Waals surface area contributed by atoms with Crippen LogP contribution in [0, 0.1) is 5.82 Å². The zero-order valence-electron chi connectivity index (χ0n) is 12.2. The number of halogens is 4. The lowest BCUT2D eigenvalue weighted by Crippen LogP contribution is -2.26. The van der Waals surface area contributed by atoms with Crippen LogP contribution in [0.5, 0.6) is 0 Å². The van der Waals surface area contributed by atoms with Gasteiger partial charge in [0.05, 0.1) is 6.04 Å². The van der Waals surface area contributed by atoms with E-state index in [2.05, 4.69) is 0 Å². The highest BCUT2D eigenvalue weighted by atomic mass is 19.4. The lowest BCUT2D eigenvalue weighted by atomic mass is 10.1. The molecule has 0 saturated carbocycles. The first kappa shape index (κ1) is 15.7. The van der Waals surface area contributed by atoms with E-state index in [0.717, 1.165) is 11.1 Å². The average molecular weight is 321 g/mol. The van der Waals surface area contributed by atoms with E-state index in [1.165, 1.54) is 18.2 Å². The Hall–Kier alpha value is -2.14. The number of rotatable bonds is 3. The van der Waals surface area contributed by atoms with Crippen molar-refractivity contribution in [2.24, 2.45) is 0 Å². The summed E-state index contributed by atoms with van der Waals surface area (Å²) in [6.07, 6.45) is -3.05. The standard InChI is InChI=1S/C18H15F4N/c19-16-8-6-13(7-9-16)11-23-12-15(18(20,21)22)10-17(23)14-4-2-1-3-5-14/h1-10,17H,11-12H2. The van der Waals surface area contributed by atoms with Crippen LogP contribution in [0.1, 0.15) is 17.2 Å².